The summed E-state index contributed by atoms with van der Waals surface area (Å²) in [6.07, 6.45) is 1.59. The van der Waals surface area contributed by atoms with E-state index in [9.17, 15) is 24.8 Å². The van der Waals surface area contributed by atoms with Gasteiger partial charge in [-0.3, -0.25) is 24.6 Å². The molecule has 0 bridgehead atoms. The number of aromatic hydroxyl groups is 1. The number of anilines is 1. The lowest BCUT2D eigenvalue weighted by atomic mass is 10.2. The van der Waals surface area contributed by atoms with Crippen molar-refractivity contribution < 1.29 is 29.1 Å². The van der Waals surface area contributed by atoms with E-state index in [2.05, 4.69) is 5.32 Å². The number of ether oxygens (including phenoxy) is 2. The molecule has 1 fully saturated rings. The molecule has 1 saturated heterocycles. The highest BCUT2D eigenvalue weighted by atomic mass is 32.2. The molecule has 0 aromatic heterocycles. The number of carbonyl (C=O) groups excluding carboxylic acids is 2. The van der Waals surface area contributed by atoms with Crippen LogP contribution in [-0.4, -0.2) is 51.8 Å². The van der Waals surface area contributed by atoms with Crippen LogP contribution in [-0.2, 0) is 9.59 Å². The highest BCUT2D eigenvalue weighted by Gasteiger charge is 2.32. The van der Waals surface area contributed by atoms with Crippen LogP contribution >= 0.6 is 24.0 Å². The maximum Gasteiger partial charge on any atom is 0.273 e. The topological polar surface area (TPSA) is 131 Å². The van der Waals surface area contributed by atoms with E-state index in [4.69, 9.17) is 21.7 Å². The second-order valence-corrected chi connectivity index (χ2v) is 8.38. The Morgan fingerprint density at radius 3 is 2.61 bits per heavy atom. The van der Waals surface area contributed by atoms with E-state index in [-0.39, 0.29) is 30.2 Å². The van der Waals surface area contributed by atoms with Gasteiger partial charge in [-0.25, -0.2) is 0 Å². The Kier molecular flexibility index (Phi) is 7.51. The molecule has 172 valence electrons. The van der Waals surface area contributed by atoms with Crippen molar-refractivity contribution in [2.45, 2.75) is 6.42 Å². The largest absolute Gasteiger partial charge is 0.506 e. The summed E-state index contributed by atoms with van der Waals surface area (Å²) in [6, 6.07) is 8.57. The summed E-state index contributed by atoms with van der Waals surface area (Å²) >= 11 is 6.41. The molecule has 0 atom stereocenters. The van der Waals surface area contributed by atoms with Crippen LogP contribution in [0.2, 0.25) is 0 Å². The number of nitrogens with zero attached hydrogens (tertiary/aromatic N) is 2. The third-order valence-corrected chi connectivity index (χ3v) is 5.99. The van der Waals surface area contributed by atoms with Gasteiger partial charge in [-0.1, -0.05) is 30.0 Å². The predicted molar refractivity (Wildman–Crippen MR) is 127 cm³/mol. The molecular formula is C21H19N3O7S2. The normalized spacial score (nSPS) is 14.5. The number of phenols is 1. The maximum atomic E-state index is 12.8. The molecule has 2 aromatic carbocycles. The van der Waals surface area contributed by atoms with Gasteiger partial charge in [0.2, 0.25) is 5.91 Å². The van der Waals surface area contributed by atoms with Gasteiger partial charge in [0.25, 0.3) is 11.6 Å². The van der Waals surface area contributed by atoms with E-state index in [1.807, 2.05) is 0 Å². The van der Waals surface area contributed by atoms with Gasteiger partial charge in [-0.2, -0.15) is 0 Å². The lowest BCUT2D eigenvalue weighted by Gasteiger charge is -2.14. The zero-order chi connectivity index (χ0) is 24.1. The van der Waals surface area contributed by atoms with Crippen LogP contribution < -0.4 is 14.8 Å². The molecule has 33 heavy (non-hydrogen) atoms. The molecule has 12 heteroatoms. The van der Waals surface area contributed by atoms with Crippen molar-refractivity contribution in [2.24, 2.45) is 0 Å². The fraction of sp³-hybridized carbons (Fsp3) is 0.190. The Balaban J connectivity index is 1.64. The fourth-order valence-corrected chi connectivity index (χ4v) is 4.26. The van der Waals surface area contributed by atoms with Crippen LogP contribution in [0.4, 0.5) is 11.4 Å². The summed E-state index contributed by atoms with van der Waals surface area (Å²) in [4.78, 5) is 36.9. The molecule has 1 aliphatic rings. The predicted octanol–water partition coefficient (Wildman–Crippen LogP) is 3.55. The van der Waals surface area contributed by atoms with E-state index in [1.54, 1.807) is 24.3 Å². The van der Waals surface area contributed by atoms with Crippen LogP contribution in [0.25, 0.3) is 6.08 Å². The highest BCUT2D eigenvalue weighted by Crippen LogP contribution is 2.35. The Labute approximate surface area is 198 Å². The Morgan fingerprint density at radius 1 is 1.24 bits per heavy atom. The van der Waals surface area contributed by atoms with Crippen LogP contribution in [0.3, 0.4) is 0 Å². The van der Waals surface area contributed by atoms with Gasteiger partial charge in [0.15, 0.2) is 11.5 Å². The number of thiocarbonyl (C=S) groups is 1. The first-order valence-corrected chi connectivity index (χ1v) is 10.7. The molecule has 2 N–H and O–H groups in total. The number of methoxy groups -OCH3 is 2. The van der Waals surface area contributed by atoms with Crippen molar-refractivity contribution >= 4 is 57.6 Å². The molecule has 10 nitrogen and oxygen atoms in total. The first-order chi connectivity index (χ1) is 15.7. The number of non-ortho nitro benzene ring substituents is 1. The van der Waals surface area contributed by atoms with Crippen molar-refractivity contribution in [1.82, 2.24) is 4.90 Å². The second kappa shape index (κ2) is 10.3. The molecule has 0 spiro atoms. The number of phenolic OH excluding ortho intramolecular Hbond substituents is 1. The van der Waals surface area contributed by atoms with Gasteiger partial charge in [-0.15, -0.1) is 0 Å². The molecular weight excluding hydrogens is 470 g/mol. The van der Waals surface area contributed by atoms with Crippen LogP contribution in [0.1, 0.15) is 12.0 Å². The van der Waals surface area contributed by atoms with Gasteiger partial charge in [0.1, 0.15) is 10.1 Å². The average molecular weight is 490 g/mol. The van der Waals surface area contributed by atoms with Gasteiger partial charge >= 0.3 is 0 Å². The van der Waals surface area contributed by atoms with Gasteiger partial charge in [0.05, 0.1) is 35.8 Å². The number of hydrogen-bond acceptors (Lipinski definition) is 9. The molecule has 2 aromatic rings. The number of benzene rings is 2. The minimum absolute atomic E-state index is 0.0318. The standard InChI is InChI=1S/C21H19N3O7S2/c1-30-16-6-3-12(9-17(16)31-2)10-18-20(27)23(21(32)33-18)8-7-19(26)22-14-5-4-13(24(28)29)11-15(14)25/h3-6,9-11,25H,7-8H2,1-2H3,(H,22,26). The number of rotatable bonds is 8. The molecule has 0 saturated carbocycles. The zero-order valence-corrected chi connectivity index (χ0v) is 19.2. The van der Waals surface area contributed by atoms with Crippen molar-refractivity contribution in [3.63, 3.8) is 0 Å². The minimum Gasteiger partial charge on any atom is -0.506 e. The maximum absolute atomic E-state index is 12.8. The molecule has 0 unspecified atom stereocenters. The second-order valence-electron chi connectivity index (χ2n) is 6.70. The number of nitro benzene ring substituents is 1. The summed E-state index contributed by atoms with van der Waals surface area (Å²) in [6.45, 7) is 0.0352. The molecule has 1 heterocycles. The number of nitrogens with one attached hydrogen (secondary N) is 1. The number of amides is 2. The average Bonchev–Trinajstić information content (AvgIpc) is 3.05. The molecule has 3 rings (SSSR count). The zero-order valence-electron chi connectivity index (χ0n) is 17.6. The summed E-state index contributed by atoms with van der Waals surface area (Å²) in [5, 5.41) is 23.1. The van der Waals surface area contributed by atoms with Gasteiger partial charge in [0, 0.05) is 19.0 Å². The minimum atomic E-state index is -0.657. The van der Waals surface area contributed by atoms with E-state index in [0.717, 1.165) is 29.5 Å². The van der Waals surface area contributed by atoms with Crippen molar-refractivity contribution in [3.05, 3.63) is 57.0 Å². The summed E-state index contributed by atoms with van der Waals surface area (Å²) in [5.74, 6) is -0.163. The van der Waals surface area contributed by atoms with Crippen LogP contribution in [0, 0.1) is 10.1 Å². The van der Waals surface area contributed by atoms with Crippen LogP contribution in [0.5, 0.6) is 17.2 Å². The van der Waals surface area contributed by atoms with Gasteiger partial charge in [-0.05, 0) is 29.8 Å². The molecule has 2 amide bonds. The first-order valence-electron chi connectivity index (χ1n) is 9.48. The van der Waals surface area contributed by atoms with Crippen molar-refractivity contribution in [2.75, 3.05) is 26.1 Å². The SMILES string of the molecule is COc1ccc(C=C2SC(=S)N(CCC(=O)Nc3ccc([N+](=O)[O-])cc3O)C2=O)cc1OC. The number of carbonyl (C=O) groups is 2. The number of thioether (sulfide) groups is 1. The lowest BCUT2D eigenvalue weighted by Crippen LogP contribution is -2.31. The third kappa shape index (κ3) is 5.59. The van der Waals surface area contributed by atoms with E-state index < -0.39 is 16.6 Å². The van der Waals surface area contributed by atoms with Crippen LogP contribution in [0.15, 0.2) is 41.3 Å². The first kappa shape index (κ1) is 24.0. The summed E-state index contributed by atoms with van der Waals surface area (Å²) in [5.41, 5.74) is 0.452. The van der Waals surface area contributed by atoms with Gasteiger partial charge < -0.3 is 19.9 Å². The Hall–Kier alpha value is -3.64. The quantitative estimate of drug-likeness (QED) is 0.188. The summed E-state index contributed by atoms with van der Waals surface area (Å²) < 4.78 is 10.8. The third-order valence-electron chi connectivity index (χ3n) is 4.61. The molecule has 0 radical (unpaired) electrons. The van der Waals surface area contributed by atoms with Crippen molar-refractivity contribution in [3.8, 4) is 17.2 Å². The Bertz CT molecular complexity index is 1170. The lowest BCUT2D eigenvalue weighted by molar-refractivity contribution is -0.384. The fourth-order valence-electron chi connectivity index (χ4n) is 2.95. The van der Waals surface area contributed by atoms with E-state index >= 15 is 0 Å². The number of nitro groups is 1. The summed E-state index contributed by atoms with van der Waals surface area (Å²) in [7, 11) is 3.05. The molecule has 1 aliphatic heterocycles. The Morgan fingerprint density at radius 2 is 1.97 bits per heavy atom. The number of hydrogen-bond donors (Lipinski definition) is 2. The van der Waals surface area contributed by atoms with E-state index in [0.29, 0.717) is 20.7 Å². The molecule has 0 aliphatic carbocycles. The van der Waals surface area contributed by atoms with E-state index in [1.165, 1.54) is 25.2 Å². The van der Waals surface area contributed by atoms with Crippen molar-refractivity contribution in [1.29, 1.82) is 0 Å². The smallest absolute Gasteiger partial charge is 0.273 e. The monoisotopic (exact) mass is 489 g/mol. The highest BCUT2D eigenvalue weighted by molar-refractivity contribution is 8.26.